The van der Waals surface area contributed by atoms with E-state index in [1.807, 2.05) is 0 Å². The quantitative estimate of drug-likeness (QED) is 0.594. The molecule has 1 aromatic rings. The molecule has 1 aromatic carbocycles. The van der Waals surface area contributed by atoms with Crippen LogP contribution >= 0.6 is 0 Å². The maximum Gasteiger partial charge on any atom is 0.311 e. The van der Waals surface area contributed by atoms with Gasteiger partial charge in [-0.25, -0.2) is 9.80 Å². The molecule has 1 fully saturated rings. The Morgan fingerprint density at radius 3 is 1.88 bits per heavy atom. The van der Waals surface area contributed by atoms with Crippen molar-refractivity contribution in [1.82, 2.24) is 9.80 Å². The number of esters is 1. The minimum Gasteiger partial charge on any atom is -0.421 e. The first-order chi connectivity index (χ1) is 12.3. The standard InChI is InChI=1S/C18H18N2O6/c1-10(2)17(25)26-18(19-13(21)8-5-9-14(19)22)20-15(23)11-6-3-4-7-12(11)16(20)24/h3-4,6-7,10,18H,5,8-9H2,1-2H3. The molecule has 8 heteroatoms. The summed E-state index contributed by atoms with van der Waals surface area (Å²) in [6.07, 6.45) is -1.19. The average Bonchev–Trinajstić information content (AvgIpc) is 2.85. The van der Waals surface area contributed by atoms with Gasteiger partial charge in [0.15, 0.2) is 0 Å². The van der Waals surface area contributed by atoms with Crippen LogP contribution in [-0.2, 0) is 19.1 Å². The van der Waals surface area contributed by atoms with Crippen LogP contribution in [0.1, 0.15) is 53.8 Å². The number of hydrogen-bond donors (Lipinski definition) is 0. The topological polar surface area (TPSA) is 101 Å². The molecule has 1 unspecified atom stereocenters. The SMILES string of the molecule is CC(C)C(=O)OC(N1C(=O)CCCC1=O)N1C(=O)c2ccccc2C1=O. The summed E-state index contributed by atoms with van der Waals surface area (Å²) < 4.78 is 5.28. The van der Waals surface area contributed by atoms with E-state index in [0.29, 0.717) is 16.2 Å². The number of benzene rings is 1. The Hall–Kier alpha value is -3.03. The number of amides is 4. The Morgan fingerprint density at radius 2 is 1.42 bits per heavy atom. The van der Waals surface area contributed by atoms with Gasteiger partial charge in [0.2, 0.25) is 11.8 Å². The molecule has 2 aliphatic heterocycles. The molecular weight excluding hydrogens is 340 g/mol. The third-order valence-electron chi connectivity index (χ3n) is 4.28. The first-order valence-corrected chi connectivity index (χ1v) is 8.35. The highest BCUT2D eigenvalue weighted by Crippen LogP contribution is 2.28. The van der Waals surface area contributed by atoms with E-state index in [2.05, 4.69) is 0 Å². The van der Waals surface area contributed by atoms with Gasteiger partial charge in [0.25, 0.3) is 18.2 Å². The second kappa shape index (κ2) is 6.70. The van der Waals surface area contributed by atoms with Crippen molar-refractivity contribution < 1.29 is 28.7 Å². The monoisotopic (exact) mass is 358 g/mol. The van der Waals surface area contributed by atoms with Crippen LogP contribution in [-0.4, -0.2) is 45.7 Å². The summed E-state index contributed by atoms with van der Waals surface area (Å²) in [5, 5.41) is 0. The van der Waals surface area contributed by atoms with E-state index in [9.17, 15) is 24.0 Å². The smallest absolute Gasteiger partial charge is 0.311 e. The molecule has 4 amide bonds. The third kappa shape index (κ3) is 2.87. The summed E-state index contributed by atoms with van der Waals surface area (Å²) in [5.74, 6) is -3.88. The Balaban J connectivity index is 2.02. The summed E-state index contributed by atoms with van der Waals surface area (Å²) in [6.45, 7) is 3.14. The molecule has 0 spiro atoms. The van der Waals surface area contributed by atoms with Gasteiger partial charge in [-0.15, -0.1) is 0 Å². The molecule has 8 nitrogen and oxygen atoms in total. The summed E-state index contributed by atoms with van der Waals surface area (Å²) in [5.41, 5.74) is 0.278. The van der Waals surface area contributed by atoms with Gasteiger partial charge < -0.3 is 4.74 Å². The predicted octanol–water partition coefficient (Wildman–Crippen LogP) is 1.30. The van der Waals surface area contributed by atoms with E-state index in [1.165, 1.54) is 12.1 Å². The molecule has 0 aliphatic carbocycles. The van der Waals surface area contributed by atoms with Crippen LogP contribution in [0.25, 0.3) is 0 Å². The first-order valence-electron chi connectivity index (χ1n) is 8.35. The van der Waals surface area contributed by atoms with Gasteiger partial charge in [0, 0.05) is 12.8 Å². The number of piperidine rings is 1. The number of likely N-dealkylation sites (tertiary alicyclic amines) is 1. The van der Waals surface area contributed by atoms with Gasteiger partial charge in [-0.1, -0.05) is 26.0 Å². The Labute approximate surface area is 149 Å². The minimum absolute atomic E-state index is 0.0740. The molecular formula is C18H18N2O6. The number of imide groups is 2. The number of nitrogens with zero attached hydrogens (tertiary/aromatic N) is 2. The van der Waals surface area contributed by atoms with Gasteiger partial charge in [-0.05, 0) is 18.6 Å². The van der Waals surface area contributed by atoms with Crippen LogP contribution < -0.4 is 0 Å². The molecule has 26 heavy (non-hydrogen) atoms. The van der Waals surface area contributed by atoms with Crippen molar-refractivity contribution in [3.63, 3.8) is 0 Å². The second-order valence-corrected chi connectivity index (χ2v) is 6.45. The largest absolute Gasteiger partial charge is 0.421 e. The number of fused-ring (bicyclic) bond motifs is 1. The number of carbonyl (C=O) groups is 5. The third-order valence-corrected chi connectivity index (χ3v) is 4.28. The van der Waals surface area contributed by atoms with E-state index in [0.717, 1.165) is 0 Å². The van der Waals surface area contributed by atoms with Crippen molar-refractivity contribution in [1.29, 1.82) is 0 Å². The van der Waals surface area contributed by atoms with Crippen molar-refractivity contribution in [2.45, 2.75) is 39.5 Å². The number of rotatable bonds is 4. The summed E-state index contributed by atoms with van der Waals surface area (Å²) in [4.78, 5) is 63.6. The second-order valence-electron chi connectivity index (χ2n) is 6.45. The molecule has 0 radical (unpaired) electrons. The molecule has 0 N–H and O–H groups in total. The average molecular weight is 358 g/mol. The van der Waals surface area contributed by atoms with Crippen LogP contribution in [0.2, 0.25) is 0 Å². The van der Waals surface area contributed by atoms with E-state index < -0.39 is 41.9 Å². The maximum absolute atomic E-state index is 12.7. The van der Waals surface area contributed by atoms with Gasteiger partial charge in [0.05, 0.1) is 17.0 Å². The van der Waals surface area contributed by atoms with Gasteiger partial charge in [-0.2, -0.15) is 0 Å². The fourth-order valence-corrected chi connectivity index (χ4v) is 2.89. The molecule has 2 heterocycles. The van der Waals surface area contributed by atoms with Gasteiger partial charge in [-0.3, -0.25) is 24.0 Å². The van der Waals surface area contributed by atoms with Crippen molar-refractivity contribution in [3.05, 3.63) is 35.4 Å². The van der Waals surface area contributed by atoms with E-state index in [4.69, 9.17) is 4.74 Å². The Bertz CT molecular complexity index is 765. The van der Waals surface area contributed by atoms with Crippen molar-refractivity contribution in [2.75, 3.05) is 0 Å². The molecule has 3 rings (SSSR count). The van der Waals surface area contributed by atoms with Gasteiger partial charge in [0.1, 0.15) is 0 Å². The van der Waals surface area contributed by atoms with E-state index in [-0.39, 0.29) is 24.0 Å². The lowest BCUT2D eigenvalue weighted by atomic mass is 10.1. The molecule has 0 bridgehead atoms. The molecule has 136 valence electrons. The zero-order chi connectivity index (χ0) is 19.0. The van der Waals surface area contributed by atoms with Crippen LogP contribution in [0, 0.1) is 5.92 Å². The molecule has 1 atom stereocenters. The Kier molecular flexibility index (Phi) is 4.58. The number of carbonyl (C=O) groups excluding carboxylic acids is 5. The highest BCUT2D eigenvalue weighted by atomic mass is 16.6. The van der Waals surface area contributed by atoms with Crippen molar-refractivity contribution in [2.24, 2.45) is 5.92 Å². The lowest BCUT2D eigenvalue weighted by molar-refractivity contribution is -0.186. The van der Waals surface area contributed by atoms with Crippen LogP contribution in [0.3, 0.4) is 0 Å². The molecule has 2 aliphatic rings. The van der Waals surface area contributed by atoms with Gasteiger partial charge >= 0.3 is 5.97 Å². The zero-order valence-electron chi connectivity index (χ0n) is 14.4. The number of ether oxygens (including phenoxy) is 1. The Morgan fingerprint density at radius 1 is 0.923 bits per heavy atom. The van der Waals surface area contributed by atoms with Crippen molar-refractivity contribution in [3.8, 4) is 0 Å². The first kappa shape index (κ1) is 17.8. The van der Waals surface area contributed by atoms with E-state index in [1.54, 1.807) is 26.0 Å². The maximum atomic E-state index is 12.7. The molecule has 1 saturated heterocycles. The molecule has 0 saturated carbocycles. The highest BCUT2D eigenvalue weighted by molar-refractivity contribution is 6.21. The van der Waals surface area contributed by atoms with Crippen molar-refractivity contribution >= 4 is 29.6 Å². The fraction of sp³-hybridized carbons (Fsp3) is 0.389. The summed E-state index contributed by atoms with van der Waals surface area (Å²) in [6, 6.07) is 6.13. The normalized spacial score (nSPS) is 18.4. The van der Waals surface area contributed by atoms with Crippen LogP contribution in [0.15, 0.2) is 24.3 Å². The lowest BCUT2D eigenvalue weighted by Gasteiger charge is -2.36. The number of hydrogen-bond acceptors (Lipinski definition) is 6. The summed E-state index contributed by atoms with van der Waals surface area (Å²) in [7, 11) is 0. The molecule has 0 aromatic heterocycles. The summed E-state index contributed by atoms with van der Waals surface area (Å²) >= 11 is 0. The zero-order valence-corrected chi connectivity index (χ0v) is 14.4. The highest BCUT2D eigenvalue weighted by Gasteiger charge is 2.48. The fourth-order valence-electron chi connectivity index (χ4n) is 2.89. The van der Waals surface area contributed by atoms with Crippen LogP contribution in [0.5, 0.6) is 0 Å². The predicted molar refractivity (Wildman–Crippen MR) is 87.4 cm³/mol. The van der Waals surface area contributed by atoms with Crippen LogP contribution in [0.4, 0.5) is 0 Å². The lowest BCUT2D eigenvalue weighted by Crippen LogP contribution is -2.58. The van der Waals surface area contributed by atoms with E-state index >= 15 is 0 Å². The minimum atomic E-state index is -1.71.